The number of hydrogen-bond acceptors (Lipinski definition) is 2. The third-order valence-corrected chi connectivity index (χ3v) is 2.69. The zero-order valence-corrected chi connectivity index (χ0v) is 8.62. The largest absolute Gasteiger partial charge is 0.382 e. The van der Waals surface area contributed by atoms with Gasteiger partial charge >= 0.3 is 0 Å². The molecule has 1 aliphatic heterocycles. The Morgan fingerprint density at radius 2 is 2.29 bits per heavy atom. The predicted octanol–water partition coefficient (Wildman–Crippen LogP) is 2.59. The topological polar surface area (TPSA) is 21.3 Å². The summed E-state index contributed by atoms with van der Waals surface area (Å²) in [5.41, 5.74) is 2.52. The van der Waals surface area contributed by atoms with E-state index in [1.165, 1.54) is 24.1 Å². The van der Waals surface area contributed by atoms with Gasteiger partial charge in [-0.3, -0.25) is 0 Å². The molecule has 0 aliphatic carbocycles. The molecule has 0 spiro atoms. The summed E-state index contributed by atoms with van der Waals surface area (Å²) in [6.45, 7) is 3.99. The van der Waals surface area contributed by atoms with Crippen molar-refractivity contribution in [3.8, 4) is 0 Å². The highest BCUT2D eigenvalue weighted by Gasteiger charge is 2.14. The Morgan fingerprint density at radius 1 is 1.43 bits per heavy atom. The van der Waals surface area contributed by atoms with E-state index in [2.05, 4.69) is 36.5 Å². The summed E-state index contributed by atoms with van der Waals surface area (Å²) in [5, 5.41) is 3.43. The summed E-state index contributed by atoms with van der Waals surface area (Å²) in [4.78, 5) is 0. The second-order valence-electron chi connectivity index (χ2n) is 3.83. The average Bonchev–Trinajstić information content (AvgIpc) is 2.69. The second-order valence-corrected chi connectivity index (χ2v) is 3.83. The molecule has 76 valence electrons. The molecule has 0 saturated carbocycles. The number of ether oxygens (including phenoxy) is 1. The van der Waals surface area contributed by atoms with E-state index in [-0.39, 0.29) is 0 Å². The highest BCUT2D eigenvalue weighted by atomic mass is 16.5. The molecule has 0 radical (unpaired) electrons. The molecular weight excluding hydrogens is 174 g/mol. The predicted molar refractivity (Wildman–Crippen MR) is 58.6 cm³/mol. The zero-order chi connectivity index (χ0) is 9.80. The molecule has 1 heterocycles. The van der Waals surface area contributed by atoms with Crippen molar-refractivity contribution in [1.82, 2.24) is 0 Å². The number of nitrogens with one attached hydrogen (secondary N) is 1. The molecular formula is C12H17NO. The maximum atomic E-state index is 5.55. The molecule has 2 nitrogen and oxygen atoms in total. The van der Waals surface area contributed by atoms with Crippen LogP contribution >= 0.6 is 0 Å². The van der Waals surface area contributed by atoms with E-state index in [0.717, 1.165) is 13.2 Å². The highest BCUT2D eigenvalue weighted by Crippen LogP contribution is 2.16. The first-order chi connectivity index (χ1) is 6.86. The Labute approximate surface area is 85.3 Å². The molecule has 1 saturated heterocycles. The van der Waals surface area contributed by atoms with E-state index in [1.807, 2.05) is 0 Å². The van der Waals surface area contributed by atoms with E-state index in [4.69, 9.17) is 4.74 Å². The maximum Gasteiger partial charge on any atom is 0.0748 e. The minimum absolute atomic E-state index is 0.412. The summed E-state index contributed by atoms with van der Waals surface area (Å²) in [6, 6.07) is 8.36. The van der Waals surface area contributed by atoms with Crippen molar-refractivity contribution in [2.75, 3.05) is 18.5 Å². The molecule has 0 aromatic heterocycles. The van der Waals surface area contributed by atoms with Gasteiger partial charge in [0.05, 0.1) is 6.10 Å². The Morgan fingerprint density at radius 3 is 3.00 bits per heavy atom. The lowest BCUT2D eigenvalue weighted by Gasteiger charge is -2.13. The van der Waals surface area contributed by atoms with E-state index < -0.39 is 0 Å². The van der Waals surface area contributed by atoms with Crippen molar-refractivity contribution in [2.45, 2.75) is 25.9 Å². The number of hydrogen-bond donors (Lipinski definition) is 1. The van der Waals surface area contributed by atoms with Gasteiger partial charge in [-0.1, -0.05) is 18.2 Å². The van der Waals surface area contributed by atoms with Crippen molar-refractivity contribution in [2.24, 2.45) is 0 Å². The molecule has 0 amide bonds. The van der Waals surface area contributed by atoms with E-state index in [1.54, 1.807) is 0 Å². The van der Waals surface area contributed by atoms with Gasteiger partial charge in [0.1, 0.15) is 0 Å². The van der Waals surface area contributed by atoms with E-state index in [0.29, 0.717) is 6.10 Å². The molecule has 1 aromatic rings. The molecule has 2 rings (SSSR count). The van der Waals surface area contributed by atoms with Gasteiger partial charge in [0, 0.05) is 18.8 Å². The summed E-state index contributed by atoms with van der Waals surface area (Å²) < 4.78 is 5.55. The SMILES string of the molecule is Cc1ccccc1NC[C@H]1CCCO1. The molecule has 2 heteroatoms. The van der Waals surface area contributed by atoms with Crippen LogP contribution in [-0.4, -0.2) is 19.3 Å². The number of benzene rings is 1. The van der Waals surface area contributed by atoms with Crippen molar-refractivity contribution in [3.63, 3.8) is 0 Å². The Bertz CT molecular complexity index is 292. The molecule has 1 aliphatic rings. The Kier molecular flexibility index (Phi) is 3.04. The molecule has 1 atom stereocenters. The lowest BCUT2D eigenvalue weighted by molar-refractivity contribution is 0.120. The number of para-hydroxylation sites is 1. The van der Waals surface area contributed by atoms with Crippen LogP contribution < -0.4 is 5.32 Å². The smallest absolute Gasteiger partial charge is 0.0748 e. The standard InChI is InChI=1S/C12H17NO/c1-10-5-2-3-7-12(10)13-9-11-6-4-8-14-11/h2-3,5,7,11,13H,4,6,8-9H2,1H3/t11-/m1/s1. The van der Waals surface area contributed by atoms with Gasteiger partial charge in [0.25, 0.3) is 0 Å². The van der Waals surface area contributed by atoms with Crippen LogP contribution in [0.5, 0.6) is 0 Å². The molecule has 1 fully saturated rings. The molecule has 1 N–H and O–H groups in total. The van der Waals surface area contributed by atoms with Gasteiger partial charge in [-0.2, -0.15) is 0 Å². The number of rotatable bonds is 3. The zero-order valence-electron chi connectivity index (χ0n) is 8.62. The fraction of sp³-hybridized carbons (Fsp3) is 0.500. The molecule has 0 bridgehead atoms. The Balaban J connectivity index is 1.88. The van der Waals surface area contributed by atoms with E-state index in [9.17, 15) is 0 Å². The van der Waals surface area contributed by atoms with Crippen LogP contribution in [-0.2, 0) is 4.74 Å². The van der Waals surface area contributed by atoms with Crippen molar-refractivity contribution in [3.05, 3.63) is 29.8 Å². The fourth-order valence-corrected chi connectivity index (χ4v) is 1.80. The third kappa shape index (κ3) is 2.26. The monoisotopic (exact) mass is 191 g/mol. The second kappa shape index (κ2) is 4.47. The van der Waals surface area contributed by atoms with Crippen molar-refractivity contribution >= 4 is 5.69 Å². The lowest BCUT2D eigenvalue weighted by Crippen LogP contribution is -2.18. The van der Waals surface area contributed by atoms with Gasteiger partial charge < -0.3 is 10.1 Å². The average molecular weight is 191 g/mol. The summed E-state index contributed by atoms with van der Waals surface area (Å²) in [5.74, 6) is 0. The van der Waals surface area contributed by atoms with Gasteiger partial charge in [-0.25, -0.2) is 0 Å². The van der Waals surface area contributed by atoms with Crippen LogP contribution in [0.4, 0.5) is 5.69 Å². The highest BCUT2D eigenvalue weighted by molar-refractivity contribution is 5.50. The molecule has 14 heavy (non-hydrogen) atoms. The first kappa shape index (κ1) is 9.53. The maximum absolute atomic E-state index is 5.55. The van der Waals surface area contributed by atoms with Crippen molar-refractivity contribution < 1.29 is 4.74 Å². The third-order valence-electron chi connectivity index (χ3n) is 2.69. The van der Waals surface area contributed by atoms with Crippen LogP contribution in [0.1, 0.15) is 18.4 Å². The minimum atomic E-state index is 0.412. The van der Waals surface area contributed by atoms with Crippen LogP contribution in [0.25, 0.3) is 0 Å². The fourth-order valence-electron chi connectivity index (χ4n) is 1.80. The molecule has 1 aromatic carbocycles. The van der Waals surface area contributed by atoms with Gasteiger partial charge in [0.2, 0.25) is 0 Å². The normalized spacial score (nSPS) is 21.1. The first-order valence-corrected chi connectivity index (χ1v) is 5.27. The quantitative estimate of drug-likeness (QED) is 0.793. The number of aryl methyl sites for hydroxylation is 1. The van der Waals surface area contributed by atoms with Crippen LogP contribution in [0.2, 0.25) is 0 Å². The number of anilines is 1. The lowest BCUT2D eigenvalue weighted by atomic mass is 10.2. The minimum Gasteiger partial charge on any atom is -0.382 e. The molecule has 0 unspecified atom stereocenters. The van der Waals surface area contributed by atoms with Gasteiger partial charge in [-0.15, -0.1) is 0 Å². The summed E-state index contributed by atoms with van der Waals surface area (Å²) in [6.07, 6.45) is 2.81. The summed E-state index contributed by atoms with van der Waals surface area (Å²) >= 11 is 0. The van der Waals surface area contributed by atoms with E-state index >= 15 is 0 Å². The van der Waals surface area contributed by atoms with Crippen molar-refractivity contribution in [1.29, 1.82) is 0 Å². The summed E-state index contributed by atoms with van der Waals surface area (Å²) in [7, 11) is 0. The van der Waals surface area contributed by atoms with Gasteiger partial charge in [-0.05, 0) is 31.4 Å². The Hall–Kier alpha value is -1.02. The first-order valence-electron chi connectivity index (χ1n) is 5.27. The van der Waals surface area contributed by atoms with Gasteiger partial charge in [0.15, 0.2) is 0 Å². The van der Waals surface area contributed by atoms with Crippen LogP contribution in [0, 0.1) is 6.92 Å². The van der Waals surface area contributed by atoms with Crippen LogP contribution in [0.3, 0.4) is 0 Å². The van der Waals surface area contributed by atoms with Crippen LogP contribution in [0.15, 0.2) is 24.3 Å².